The SMILES string of the molecule is Nc1ccc(NC(=O)Nc2ccc(F)cc2)cc1Br. The summed E-state index contributed by atoms with van der Waals surface area (Å²) < 4.78 is 13.4. The van der Waals surface area contributed by atoms with Gasteiger partial charge in [-0.05, 0) is 58.4 Å². The van der Waals surface area contributed by atoms with E-state index in [9.17, 15) is 9.18 Å². The molecule has 0 saturated heterocycles. The normalized spacial score (nSPS) is 10.0. The molecule has 0 aliphatic heterocycles. The first kappa shape index (κ1) is 13.4. The Morgan fingerprint density at radius 2 is 1.63 bits per heavy atom. The average molecular weight is 324 g/mol. The van der Waals surface area contributed by atoms with Crippen LogP contribution < -0.4 is 16.4 Å². The number of rotatable bonds is 2. The molecule has 0 heterocycles. The molecule has 0 aliphatic carbocycles. The van der Waals surface area contributed by atoms with E-state index in [2.05, 4.69) is 26.6 Å². The molecule has 0 saturated carbocycles. The van der Waals surface area contributed by atoms with Gasteiger partial charge >= 0.3 is 6.03 Å². The van der Waals surface area contributed by atoms with Crippen LogP contribution in [0.1, 0.15) is 0 Å². The molecular formula is C13H11BrFN3O. The zero-order chi connectivity index (χ0) is 13.8. The first-order valence-electron chi connectivity index (χ1n) is 5.43. The molecule has 0 atom stereocenters. The molecule has 19 heavy (non-hydrogen) atoms. The lowest BCUT2D eigenvalue weighted by molar-refractivity contribution is 0.262. The van der Waals surface area contributed by atoms with Gasteiger partial charge in [-0.2, -0.15) is 0 Å². The number of halogens is 2. The summed E-state index contributed by atoms with van der Waals surface area (Å²) in [5.41, 5.74) is 7.34. The number of benzene rings is 2. The van der Waals surface area contributed by atoms with E-state index in [1.54, 1.807) is 18.2 Å². The number of nitrogen functional groups attached to an aromatic ring is 1. The summed E-state index contributed by atoms with van der Waals surface area (Å²) in [7, 11) is 0. The summed E-state index contributed by atoms with van der Waals surface area (Å²) >= 11 is 3.27. The summed E-state index contributed by atoms with van der Waals surface area (Å²) in [5.74, 6) is -0.353. The molecule has 2 rings (SSSR count). The Morgan fingerprint density at radius 1 is 1.05 bits per heavy atom. The van der Waals surface area contributed by atoms with Crippen molar-refractivity contribution in [3.05, 3.63) is 52.8 Å². The fraction of sp³-hybridized carbons (Fsp3) is 0. The molecule has 4 N–H and O–H groups in total. The van der Waals surface area contributed by atoms with E-state index in [4.69, 9.17) is 5.73 Å². The smallest absolute Gasteiger partial charge is 0.323 e. The van der Waals surface area contributed by atoms with Gasteiger partial charge in [-0.3, -0.25) is 0 Å². The topological polar surface area (TPSA) is 67.1 Å². The second-order valence-corrected chi connectivity index (χ2v) is 4.68. The van der Waals surface area contributed by atoms with Crippen LogP contribution in [0, 0.1) is 5.82 Å². The van der Waals surface area contributed by atoms with E-state index in [-0.39, 0.29) is 5.82 Å². The van der Waals surface area contributed by atoms with E-state index >= 15 is 0 Å². The Labute approximate surface area is 117 Å². The van der Waals surface area contributed by atoms with Crippen LogP contribution >= 0.6 is 15.9 Å². The minimum atomic E-state index is -0.414. The van der Waals surface area contributed by atoms with Crippen molar-refractivity contribution < 1.29 is 9.18 Å². The van der Waals surface area contributed by atoms with Crippen molar-refractivity contribution in [2.24, 2.45) is 0 Å². The Kier molecular flexibility index (Phi) is 4.01. The van der Waals surface area contributed by atoms with Crippen molar-refractivity contribution in [2.75, 3.05) is 16.4 Å². The van der Waals surface area contributed by atoms with Crippen molar-refractivity contribution in [3.63, 3.8) is 0 Å². The van der Waals surface area contributed by atoms with E-state index in [1.165, 1.54) is 24.3 Å². The minimum Gasteiger partial charge on any atom is -0.398 e. The Balaban J connectivity index is 2.01. The first-order chi connectivity index (χ1) is 9.04. The molecule has 0 aliphatic rings. The van der Waals surface area contributed by atoms with Crippen LogP contribution in [-0.4, -0.2) is 6.03 Å². The number of carbonyl (C=O) groups excluding carboxylic acids is 1. The fourth-order valence-electron chi connectivity index (χ4n) is 1.43. The standard InChI is InChI=1S/C13H11BrFN3O/c14-11-7-10(5-6-12(11)16)18-13(19)17-9-3-1-8(15)2-4-9/h1-7H,16H2,(H2,17,18,19). The molecular weight excluding hydrogens is 313 g/mol. The van der Waals surface area contributed by atoms with Gasteiger partial charge in [-0.15, -0.1) is 0 Å². The van der Waals surface area contributed by atoms with E-state index < -0.39 is 6.03 Å². The highest BCUT2D eigenvalue weighted by Gasteiger charge is 2.04. The van der Waals surface area contributed by atoms with Crippen LogP contribution in [0.15, 0.2) is 46.9 Å². The highest BCUT2D eigenvalue weighted by atomic mass is 79.9. The van der Waals surface area contributed by atoms with Gasteiger partial charge in [-0.25, -0.2) is 9.18 Å². The van der Waals surface area contributed by atoms with Gasteiger partial charge < -0.3 is 16.4 Å². The van der Waals surface area contributed by atoms with Crippen molar-refractivity contribution >= 4 is 39.0 Å². The predicted molar refractivity (Wildman–Crippen MR) is 77.6 cm³/mol. The average Bonchev–Trinajstić information content (AvgIpc) is 2.37. The first-order valence-corrected chi connectivity index (χ1v) is 6.22. The second-order valence-electron chi connectivity index (χ2n) is 3.82. The molecule has 0 fully saturated rings. The third-order valence-electron chi connectivity index (χ3n) is 2.36. The number of nitrogens with one attached hydrogen (secondary N) is 2. The maximum Gasteiger partial charge on any atom is 0.323 e. The maximum absolute atomic E-state index is 12.7. The van der Waals surface area contributed by atoms with Crippen LogP contribution in [0.4, 0.5) is 26.2 Å². The molecule has 0 aromatic heterocycles. The number of hydrogen-bond donors (Lipinski definition) is 3. The third-order valence-corrected chi connectivity index (χ3v) is 3.05. The van der Waals surface area contributed by atoms with Gasteiger partial charge in [0.1, 0.15) is 5.82 Å². The van der Waals surface area contributed by atoms with Gasteiger partial charge in [0.2, 0.25) is 0 Å². The highest BCUT2D eigenvalue weighted by molar-refractivity contribution is 9.10. The molecule has 2 aromatic rings. The highest BCUT2D eigenvalue weighted by Crippen LogP contribution is 2.23. The number of urea groups is 1. The predicted octanol–water partition coefficient (Wildman–Crippen LogP) is 3.81. The molecule has 2 amide bonds. The summed E-state index contributed by atoms with van der Waals surface area (Å²) in [4.78, 5) is 11.7. The van der Waals surface area contributed by atoms with Gasteiger partial charge in [-0.1, -0.05) is 0 Å². The zero-order valence-corrected chi connectivity index (χ0v) is 11.4. The molecule has 0 radical (unpaired) electrons. The number of nitrogens with two attached hydrogens (primary N) is 1. The number of carbonyl (C=O) groups is 1. The summed E-state index contributed by atoms with van der Waals surface area (Å²) in [6.07, 6.45) is 0. The lowest BCUT2D eigenvalue weighted by Gasteiger charge is -2.08. The summed E-state index contributed by atoms with van der Waals surface area (Å²) in [6, 6.07) is 10.1. The third kappa shape index (κ3) is 3.69. The summed E-state index contributed by atoms with van der Waals surface area (Å²) in [5, 5.41) is 5.23. The lowest BCUT2D eigenvalue weighted by Crippen LogP contribution is -2.19. The van der Waals surface area contributed by atoms with Crippen LogP contribution in [0.3, 0.4) is 0 Å². The zero-order valence-electron chi connectivity index (χ0n) is 9.78. The van der Waals surface area contributed by atoms with Gasteiger partial charge in [0.25, 0.3) is 0 Å². The van der Waals surface area contributed by atoms with Crippen molar-refractivity contribution in [1.82, 2.24) is 0 Å². The van der Waals surface area contributed by atoms with Crippen LogP contribution in [-0.2, 0) is 0 Å². The summed E-state index contributed by atoms with van der Waals surface area (Å²) in [6.45, 7) is 0. The number of amides is 2. The maximum atomic E-state index is 12.7. The molecule has 0 bridgehead atoms. The number of anilines is 3. The van der Waals surface area contributed by atoms with Crippen LogP contribution in [0.2, 0.25) is 0 Å². The quantitative estimate of drug-likeness (QED) is 0.735. The molecule has 6 heteroatoms. The van der Waals surface area contributed by atoms with Crippen LogP contribution in [0.5, 0.6) is 0 Å². The van der Waals surface area contributed by atoms with Gasteiger partial charge in [0.15, 0.2) is 0 Å². The van der Waals surface area contributed by atoms with E-state index in [0.29, 0.717) is 21.5 Å². The van der Waals surface area contributed by atoms with Gasteiger partial charge in [0, 0.05) is 21.5 Å². The molecule has 0 spiro atoms. The molecule has 2 aromatic carbocycles. The fourth-order valence-corrected chi connectivity index (χ4v) is 1.81. The monoisotopic (exact) mass is 323 g/mol. The Morgan fingerprint density at radius 3 is 2.26 bits per heavy atom. The molecule has 98 valence electrons. The minimum absolute atomic E-state index is 0.353. The van der Waals surface area contributed by atoms with Gasteiger partial charge in [0.05, 0.1) is 0 Å². The van der Waals surface area contributed by atoms with Crippen LogP contribution in [0.25, 0.3) is 0 Å². The van der Waals surface area contributed by atoms with E-state index in [1.807, 2.05) is 0 Å². The van der Waals surface area contributed by atoms with Crippen molar-refractivity contribution in [3.8, 4) is 0 Å². The largest absolute Gasteiger partial charge is 0.398 e. The Bertz CT molecular complexity index is 601. The Hall–Kier alpha value is -2.08. The lowest BCUT2D eigenvalue weighted by atomic mass is 10.3. The molecule has 0 unspecified atom stereocenters. The van der Waals surface area contributed by atoms with Crippen molar-refractivity contribution in [2.45, 2.75) is 0 Å². The van der Waals surface area contributed by atoms with Crippen molar-refractivity contribution in [1.29, 1.82) is 0 Å². The second kappa shape index (κ2) is 5.71. The van der Waals surface area contributed by atoms with E-state index in [0.717, 1.165) is 0 Å². The molecule has 4 nitrogen and oxygen atoms in total. The number of hydrogen-bond acceptors (Lipinski definition) is 2.